The van der Waals surface area contributed by atoms with Crippen LogP contribution in [0.3, 0.4) is 0 Å². The molecule has 1 N–H and O–H groups in total. The van der Waals surface area contributed by atoms with Crippen molar-refractivity contribution in [1.82, 2.24) is 0 Å². The number of halogens is 1. The standard InChI is InChI=1S/C12H13BrN2O4/c1-14(7-3-2-4-7)8-5-6-9(15(18)19)11(13)10(8)12(16)17/h5-7H,2-4H2,1H3,(H,16,17). The van der Waals surface area contributed by atoms with Crippen molar-refractivity contribution in [3.05, 3.63) is 32.3 Å². The Bertz CT molecular complexity index is 543. The van der Waals surface area contributed by atoms with Crippen LogP contribution in [-0.4, -0.2) is 29.1 Å². The van der Waals surface area contributed by atoms with Crippen LogP contribution in [0.5, 0.6) is 0 Å². The quantitative estimate of drug-likeness (QED) is 0.678. The second-order valence-electron chi connectivity index (χ2n) is 4.55. The number of benzene rings is 1. The molecule has 0 radical (unpaired) electrons. The first-order valence-electron chi connectivity index (χ1n) is 5.86. The van der Waals surface area contributed by atoms with Crippen molar-refractivity contribution in [2.24, 2.45) is 0 Å². The lowest BCUT2D eigenvalue weighted by atomic mass is 9.91. The number of rotatable bonds is 4. The molecule has 2 rings (SSSR count). The first kappa shape index (κ1) is 13.8. The molecule has 1 fully saturated rings. The van der Waals surface area contributed by atoms with Crippen LogP contribution in [-0.2, 0) is 0 Å². The van der Waals surface area contributed by atoms with Crippen LogP contribution in [0.1, 0.15) is 29.6 Å². The number of nitro groups is 1. The van der Waals surface area contributed by atoms with Gasteiger partial charge in [-0.1, -0.05) is 0 Å². The van der Waals surface area contributed by atoms with Crippen LogP contribution in [0.25, 0.3) is 0 Å². The third-order valence-corrected chi connectivity index (χ3v) is 4.32. The molecule has 0 saturated heterocycles. The monoisotopic (exact) mass is 328 g/mol. The zero-order valence-electron chi connectivity index (χ0n) is 10.3. The van der Waals surface area contributed by atoms with Crippen molar-refractivity contribution in [1.29, 1.82) is 0 Å². The van der Waals surface area contributed by atoms with Crippen LogP contribution in [0.2, 0.25) is 0 Å². The number of carboxylic acid groups (broad SMARTS) is 1. The van der Waals surface area contributed by atoms with Gasteiger partial charge in [0.1, 0.15) is 10.0 Å². The lowest BCUT2D eigenvalue weighted by Crippen LogP contribution is -2.38. The van der Waals surface area contributed by atoms with E-state index in [-0.39, 0.29) is 15.7 Å². The second kappa shape index (κ2) is 5.16. The highest BCUT2D eigenvalue weighted by molar-refractivity contribution is 9.10. The van der Waals surface area contributed by atoms with Crippen LogP contribution in [0, 0.1) is 10.1 Å². The van der Waals surface area contributed by atoms with Gasteiger partial charge in [0.05, 0.1) is 10.6 Å². The van der Waals surface area contributed by atoms with Gasteiger partial charge in [-0.2, -0.15) is 0 Å². The molecule has 1 aromatic carbocycles. The van der Waals surface area contributed by atoms with E-state index in [1.807, 2.05) is 11.9 Å². The molecule has 0 aromatic heterocycles. The van der Waals surface area contributed by atoms with Crippen molar-refractivity contribution in [2.45, 2.75) is 25.3 Å². The molecule has 0 bridgehead atoms. The zero-order valence-corrected chi connectivity index (χ0v) is 11.9. The van der Waals surface area contributed by atoms with Gasteiger partial charge >= 0.3 is 5.97 Å². The van der Waals surface area contributed by atoms with Gasteiger partial charge in [0.25, 0.3) is 5.69 Å². The number of carboxylic acids is 1. The largest absolute Gasteiger partial charge is 0.478 e. The molecule has 6 nitrogen and oxygen atoms in total. The normalized spacial score (nSPS) is 14.8. The number of hydrogen-bond donors (Lipinski definition) is 1. The summed E-state index contributed by atoms with van der Waals surface area (Å²) < 4.78 is 0.0219. The first-order chi connectivity index (χ1) is 8.93. The number of anilines is 1. The highest BCUT2D eigenvalue weighted by Crippen LogP contribution is 2.37. The first-order valence-corrected chi connectivity index (χ1v) is 6.65. The Morgan fingerprint density at radius 3 is 2.58 bits per heavy atom. The highest BCUT2D eigenvalue weighted by Gasteiger charge is 2.29. The van der Waals surface area contributed by atoms with Crippen LogP contribution < -0.4 is 4.90 Å². The Labute approximate surface area is 118 Å². The van der Waals surface area contributed by atoms with Gasteiger partial charge in [0, 0.05) is 19.2 Å². The minimum absolute atomic E-state index is 0.0219. The molecule has 1 aliphatic carbocycles. The lowest BCUT2D eigenvalue weighted by molar-refractivity contribution is -0.385. The molecule has 0 amide bonds. The van der Waals surface area contributed by atoms with Gasteiger partial charge in [0.15, 0.2) is 0 Å². The lowest BCUT2D eigenvalue weighted by Gasteiger charge is -2.37. The molecule has 19 heavy (non-hydrogen) atoms. The molecule has 1 aromatic rings. The maximum atomic E-state index is 11.4. The average molecular weight is 329 g/mol. The summed E-state index contributed by atoms with van der Waals surface area (Å²) in [6.45, 7) is 0. The molecule has 0 heterocycles. The summed E-state index contributed by atoms with van der Waals surface area (Å²) in [6, 6.07) is 3.15. The summed E-state index contributed by atoms with van der Waals surface area (Å²) in [5, 5.41) is 20.1. The SMILES string of the molecule is CN(c1ccc([N+](=O)[O-])c(Br)c1C(=O)O)C1CCC1. The second-order valence-corrected chi connectivity index (χ2v) is 5.34. The van der Waals surface area contributed by atoms with Gasteiger partial charge in [-0.05, 0) is 41.3 Å². The van der Waals surface area contributed by atoms with Gasteiger partial charge in [-0.15, -0.1) is 0 Å². The van der Waals surface area contributed by atoms with Crippen molar-refractivity contribution < 1.29 is 14.8 Å². The highest BCUT2D eigenvalue weighted by atomic mass is 79.9. The van der Waals surface area contributed by atoms with Gasteiger partial charge in [-0.3, -0.25) is 10.1 Å². The maximum Gasteiger partial charge on any atom is 0.339 e. The third-order valence-electron chi connectivity index (χ3n) is 3.51. The van der Waals surface area contributed by atoms with Crippen molar-refractivity contribution in [3.63, 3.8) is 0 Å². The molecule has 0 spiro atoms. The fourth-order valence-electron chi connectivity index (χ4n) is 2.16. The van der Waals surface area contributed by atoms with E-state index in [0.29, 0.717) is 11.7 Å². The predicted octanol–water partition coefficient (Wildman–Crippen LogP) is 3.04. The topological polar surface area (TPSA) is 83.7 Å². The Morgan fingerprint density at radius 2 is 2.16 bits per heavy atom. The van der Waals surface area contributed by atoms with E-state index in [4.69, 9.17) is 0 Å². The predicted molar refractivity (Wildman–Crippen MR) is 73.8 cm³/mol. The van der Waals surface area contributed by atoms with E-state index in [0.717, 1.165) is 19.3 Å². The fraction of sp³-hybridized carbons (Fsp3) is 0.417. The summed E-state index contributed by atoms with van der Waals surface area (Å²) in [6.07, 6.45) is 3.17. The fourth-order valence-corrected chi connectivity index (χ4v) is 2.81. The molecule has 102 valence electrons. The molecule has 0 aliphatic heterocycles. The summed E-state index contributed by atoms with van der Waals surface area (Å²) in [4.78, 5) is 23.5. The van der Waals surface area contributed by atoms with E-state index in [1.165, 1.54) is 12.1 Å². The Morgan fingerprint density at radius 1 is 1.53 bits per heavy atom. The Hall–Kier alpha value is -1.63. The number of nitro benzene ring substituents is 1. The Balaban J connectivity index is 2.51. The minimum Gasteiger partial charge on any atom is -0.478 e. The van der Waals surface area contributed by atoms with E-state index < -0.39 is 10.9 Å². The molecule has 0 unspecified atom stereocenters. The van der Waals surface area contributed by atoms with E-state index in [2.05, 4.69) is 15.9 Å². The van der Waals surface area contributed by atoms with Crippen LogP contribution >= 0.6 is 15.9 Å². The van der Waals surface area contributed by atoms with Gasteiger partial charge in [0.2, 0.25) is 0 Å². The van der Waals surface area contributed by atoms with Crippen LogP contribution in [0.4, 0.5) is 11.4 Å². The smallest absolute Gasteiger partial charge is 0.339 e. The molecular formula is C12H13BrN2O4. The number of nitrogens with zero attached hydrogens (tertiary/aromatic N) is 2. The van der Waals surface area contributed by atoms with E-state index >= 15 is 0 Å². The van der Waals surface area contributed by atoms with Gasteiger partial charge in [-0.25, -0.2) is 4.79 Å². The van der Waals surface area contributed by atoms with E-state index in [1.54, 1.807) is 0 Å². The number of aromatic carboxylic acids is 1. The van der Waals surface area contributed by atoms with Gasteiger partial charge < -0.3 is 10.0 Å². The molecule has 7 heteroatoms. The van der Waals surface area contributed by atoms with Crippen molar-refractivity contribution in [3.8, 4) is 0 Å². The Kier molecular flexibility index (Phi) is 3.75. The number of hydrogen-bond acceptors (Lipinski definition) is 4. The minimum atomic E-state index is -1.17. The maximum absolute atomic E-state index is 11.4. The average Bonchev–Trinajstić information content (AvgIpc) is 2.24. The van der Waals surface area contributed by atoms with E-state index in [9.17, 15) is 20.0 Å². The van der Waals surface area contributed by atoms with Crippen molar-refractivity contribution >= 4 is 33.3 Å². The zero-order chi connectivity index (χ0) is 14.2. The summed E-state index contributed by atoms with van der Waals surface area (Å²) in [5.74, 6) is -1.17. The third kappa shape index (κ3) is 2.42. The molecule has 0 atom stereocenters. The van der Waals surface area contributed by atoms with Crippen molar-refractivity contribution in [2.75, 3.05) is 11.9 Å². The number of carbonyl (C=O) groups is 1. The molecule has 1 aliphatic rings. The van der Waals surface area contributed by atoms with Crippen LogP contribution in [0.15, 0.2) is 16.6 Å². The molecular weight excluding hydrogens is 316 g/mol. The summed E-state index contributed by atoms with van der Waals surface area (Å²) >= 11 is 3.04. The summed E-state index contributed by atoms with van der Waals surface area (Å²) in [7, 11) is 1.82. The summed E-state index contributed by atoms with van der Waals surface area (Å²) in [5.41, 5.74) is 0.224. The molecule has 1 saturated carbocycles.